The summed E-state index contributed by atoms with van der Waals surface area (Å²) in [5.41, 5.74) is 0.720. The fourth-order valence-electron chi connectivity index (χ4n) is 1.92. The van der Waals surface area contributed by atoms with Gasteiger partial charge in [0.05, 0.1) is 6.33 Å². The van der Waals surface area contributed by atoms with Gasteiger partial charge in [-0.25, -0.2) is 9.78 Å². The number of hydrogen-bond acceptors (Lipinski definition) is 3. The van der Waals surface area contributed by atoms with E-state index >= 15 is 0 Å². The Balaban J connectivity index is 2.84. The van der Waals surface area contributed by atoms with Crippen molar-refractivity contribution in [2.24, 2.45) is 0 Å². The van der Waals surface area contributed by atoms with E-state index in [4.69, 9.17) is 0 Å². The molecular formula is C13H21N3O3. The van der Waals surface area contributed by atoms with Crippen LogP contribution in [-0.4, -0.2) is 44.4 Å². The predicted octanol–water partition coefficient (Wildman–Crippen LogP) is 1.44. The number of nitrogens with one attached hydrogen (secondary N) is 1. The van der Waals surface area contributed by atoms with Crippen molar-refractivity contribution >= 4 is 11.9 Å². The number of unbranched alkanes of at least 4 members (excludes halogenated alkanes) is 1. The number of carbonyl (C=O) groups excluding carboxylic acids is 1. The summed E-state index contributed by atoms with van der Waals surface area (Å²) in [4.78, 5) is 31.6. The van der Waals surface area contributed by atoms with Gasteiger partial charge in [0, 0.05) is 31.3 Å². The molecule has 0 saturated carbocycles. The molecule has 19 heavy (non-hydrogen) atoms. The minimum Gasteiger partial charge on any atom is -0.480 e. The molecule has 0 saturated heterocycles. The molecule has 0 spiro atoms. The van der Waals surface area contributed by atoms with Crippen molar-refractivity contribution in [3.63, 3.8) is 0 Å². The molecule has 0 unspecified atom stereocenters. The summed E-state index contributed by atoms with van der Waals surface area (Å²) in [5.74, 6) is -1.10. The van der Waals surface area contributed by atoms with E-state index in [2.05, 4.69) is 9.97 Å². The summed E-state index contributed by atoms with van der Waals surface area (Å²) >= 11 is 0. The molecular weight excluding hydrogens is 246 g/mol. The quantitative estimate of drug-likeness (QED) is 0.746. The lowest BCUT2D eigenvalue weighted by molar-refractivity contribution is -0.150. The Morgan fingerprint density at radius 3 is 2.68 bits per heavy atom. The van der Waals surface area contributed by atoms with Gasteiger partial charge < -0.3 is 15.0 Å². The number of carbonyl (C=O) groups is 2. The highest BCUT2D eigenvalue weighted by Crippen LogP contribution is 2.11. The highest BCUT2D eigenvalue weighted by atomic mass is 16.4. The van der Waals surface area contributed by atoms with Crippen molar-refractivity contribution in [2.45, 2.75) is 45.6 Å². The van der Waals surface area contributed by atoms with Crippen LogP contribution in [0.3, 0.4) is 0 Å². The number of aromatic nitrogens is 2. The zero-order chi connectivity index (χ0) is 14.3. The molecule has 6 nitrogen and oxygen atoms in total. The first-order valence-corrected chi connectivity index (χ1v) is 6.59. The molecule has 1 heterocycles. The van der Waals surface area contributed by atoms with Crippen LogP contribution in [0, 0.1) is 0 Å². The van der Waals surface area contributed by atoms with Gasteiger partial charge in [-0.3, -0.25) is 4.79 Å². The summed E-state index contributed by atoms with van der Waals surface area (Å²) < 4.78 is 0. The van der Waals surface area contributed by atoms with Crippen LogP contribution >= 0.6 is 0 Å². The highest BCUT2D eigenvalue weighted by Gasteiger charge is 2.28. The van der Waals surface area contributed by atoms with Crippen molar-refractivity contribution in [3.8, 4) is 0 Å². The molecule has 0 bridgehead atoms. The molecule has 1 aromatic rings. The molecule has 0 radical (unpaired) electrons. The van der Waals surface area contributed by atoms with E-state index in [1.807, 2.05) is 6.92 Å². The lowest BCUT2D eigenvalue weighted by Crippen LogP contribution is -2.46. The average molecular weight is 267 g/mol. The molecule has 2 N–H and O–H groups in total. The van der Waals surface area contributed by atoms with Crippen molar-refractivity contribution in [1.29, 1.82) is 0 Å². The minimum atomic E-state index is -0.979. The molecule has 106 valence electrons. The number of carboxylic acids is 1. The maximum Gasteiger partial charge on any atom is 0.326 e. The van der Waals surface area contributed by atoms with Gasteiger partial charge >= 0.3 is 5.97 Å². The number of nitrogens with zero attached hydrogens (tertiary/aromatic N) is 2. The Kier molecular flexibility index (Phi) is 6.05. The Hall–Kier alpha value is -1.85. The van der Waals surface area contributed by atoms with E-state index in [0.717, 1.165) is 18.5 Å². The number of imidazole rings is 1. The molecule has 6 heteroatoms. The zero-order valence-electron chi connectivity index (χ0n) is 11.4. The fourth-order valence-corrected chi connectivity index (χ4v) is 1.92. The van der Waals surface area contributed by atoms with Crippen molar-refractivity contribution in [2.75, 3.05) is 6.54 Å². The van der Waals surface area contributed by atoms with Gasteiger partial charge in [0.1, 0.15) is 6.04 Å². The van der Waals surface area contributed by atoms with Crippen LogP contribution in [0.1, 0.15) is 38.8 Å². The van der Waals surface area contributed by atoms with Gasteiger partial charge in [-0.05, 0) is 6.42 Å². The van der Waals surface area contributed by atoms with E-state index in [1.165, 1.54) is 11.2 Å². The first-order valence-electron chi connectivity index (χ1n) is 6.59. The van der Waals surface area contributed by atoms with Gasteiger partial charge in [-0.1, -0.05) is 20.3 Å². The zero-order valence-corrected chi connectivity index (χ0v) is 11.4. The molecule has 0 aliphatic rings. The third kappa shape index (κ3) is 4.39. The van der Waals surface area contributed by atoms with E-state index in [-0.39, 0.29) is 12.3 Å². The first kappa shape index (κ1) is 15.2. The number of aliphatic carboxylic acids is 1. The Morgan fingerprint density at radius 1 is 1.47 bits per heavy atom. The number of amides is 1. The standard InChI is InChI=1S/C13H21N3O3/c1-3-5-6-16(12(17)4-2)11(13(18)19)7-10-8-14-9-15-10/h8-9,11H,3-7H2,1-2H3,(H,14,15)(H,18,19)/t11-/m0/s1. The second-order valence-electron chi connectivity index (χ2n) is 4.43. The lowest BCUT2D eigenvalue weighted by Gasteiger charge is -2.28. The monoisotopic (exact) mass is 267 g/mol. The van der Waals surface area contributed by atoms with Crippen LogP contribution < -0.4 is 0 Å². The molecule has 1 atom stereocenters. The smallest absolute Gasteiger partial charge is 0.326 e. The normalized spacial score (nSPS) is 12.1. The number of hydrogen-bond donors (Lipinski definition) is 2. The summed E-state index contributed by atoms with van der Waals surface area (Å²) in [6.07, 6.45) is 5.39. The van der Waals surface area contributed by atoms with Gasteiger partial charge in [0.25, 0.3) is 0 Å². The third-order valence-corrected chi connectivity index (χ3v) is 3.00. The Labute approximate surface area is 112 Å². The predicted molar refractivity (Wildman–Crippen MR) is 70.6 cm³/mol. The summed E-state index contributed by atoms with van der Waals surface area (Å²) in [5, 5.41) is 9.36. The molecule has 0 aliphatic carbocycles. The maximum absolute atomic E-state index is 11.9. The van der Waals surface area contributed by atoms with Gasteiger partial charge in [-0.2, -0.15) is 0 Å². The Bertz CT molecular complexity index is 403. The second kappa shape index (κ2) is 7.56. The SMILES string of the molecule is CCCCN(C(=O)CC)[C@@H](Cc1cnc[nH]1)C(=O)O. The van der Waals surface area contributed by atoms with Crippen molar-refractivity contribution in [3.05, 3.63) is 18.2 Å². The number of H-pyrrole nitrogens is 1. The van der Waals surface area contributed by atoms with E-state index in [0.29, 0.717) is 13.0 Å². The summed E-state index contributed by atoms with van der Waals surface area (Å²) in [6, 6.07) is -0.834. The maximum atomic E-state index is 11.9. The van der Waals surface area contributed by atoms with E-state index in [9.17, 15) is 14.7 Å². The van der Waals surface area contributed by atoms with Gasteiger partial charge in [0.2, 0.25) is 5.91 Å². The van der Waals surface area contributed by atoms with E-state index in [1.54, 1.807) is 13.1 Å². The topological polar surface area (TPSA) is 86.3 Å². The van der Waals surface area contributed by atoms with Crippen LogP contribution in [0.25, 0.3) is 0 Å². The fraction of sp³-hybridized carbons (Fsp3) is 0.615. The molecule has 0 fully saturated rings. The van der Waals surface area contributed by atoms with Gasteiger partial charge in [-0.15, -0.1) is 0 Å². The highest BCUT2D eigenvalue weighted by molar-refractivity contribution is 5.83. The molecule has 0 aliphatic heterocycles. The van der Waals surface area contributed by atoms with Gasteiger partial charge in [0.15, 0.2) is 0 Å². The summed E-state index contributed by atoms with van der Waals surface area (Å²) in [7, 11) is 0. The average Bonchev–Trinajstić information content (AvgIpc) is 2.90. The molecule has 1 rings (SSSR count). The van der Waals surface area contributed by atoms with Crippen LogP contribution in [0.15, 0.2) is 12.5 Å². The number of rotatable bonds is 8. The number of carboxylic acid groups (broad SMARTS) is 1. The first-order chi connectivity index (χ1) is 9.10. The molecule has 1 amide bonds. The van der Waals surface area contributed by atoms with Crippen LogP contribution in [-0.2, 0) is 16.0 Å². The number of aromatic amines is 1. The second-order valence-corrected chi connectivity index (χ2v) is 4.43. The van der Waals surface area contributed by atoms with Crippen molar-refractivity contribution in [1.82, 2.24) is 14.9 Å². The summed E-state index contributed by atoms with van der Waals surface area (Å²) in [6.45, 7) is 4.24. The molecule has 1 aromatic heterocycles. The van der Waals surface area contributed by atoms with Crippen LogP contribution in [0.4, 0.5) is 0 Å². The minimum absolute atomic E-state index is 0.125. The molecule has 0 aromatic carbocycles. The van der Waals surface area contributed by atoms with Crippen LogP contribution in [0.2, 0.25) is 0 Å². The van der Waals surface area contributed by atoms with E-state index < -0.39 is 12.0 Å². The van der Waals surface area contributed by atoms with Crippen molar-refractivity contribution < 1.29 is 14.7 Å². The van der Waals surface area contributed by atoms with Crippen LogP contribution in [0.5, 0.6) is 0 Å². The lowest BCUT2D eigenvalue weighted by atomic mass is 10.1. The largest absolute Gasteiger partial charge is 0.480 e. The Morgan fingerprint density at radius 2 is 2.21 bits per heavy atom. The third-order valence-electron chi connectivity index (χ3n) is 3.00.